The van der Waals surface area contributed by atoms with Crippen LogP contribution in [0.4, 0.5) is 9.59 Å². The van der Waals surface area contributed by atoms with Gasteiger partial charge >= 0.3 is 18.1 Å². The summed E-state index contributed by atoms with van der Waals surface area (Å²) in [6, 6.07) is -2.75. The molecule has 7 N–H and O–H groups in total. The molecule has 0 aromatic carbocycles. The lowest BCUT2D eigenvalue weighted by molar-refractivity contribution is -0.142. The van der Waals surface area contributed by atoms with Crippen LogP contribution in [0.2, 0.25) is 0 Å². The van der Waals surface area contributed by atoms with Crippen LogP contribution in [-0.2, 0) is 19.1 Å². The number of urea groups is 1. The van der Waals surface area contributed by atoms with Crippen molar-refractivity contribution in [3.05, 3.63) is 0 Å². The Labute approximate surface area is 201 Å². The van der Waals surface area contributed by atoms with Crippen molar-refractivity contribution in [3.63, 3.8) is 0 Å². The van der Waals surface area contributed by atoms with Gasteiger partial charge in [0, 0.05) is 19.5 Å². The van der Waals surface area contributed by atoms with E-state index in [1.807, 2.05) is 0 Å². The molecule has 0 rings (SSSR count). The molecule has 12 heteroatoms. The Morgan fingerprint density at radius 2 is 1.53 bits per heavy atom. The van der Waals surface area contributed by atoms with Crippen LogP contribution in [0.1, 0.15) is 73.1 Å². The monoisotopic (exact) mass is 487 g/mol. The van der Waals surface area contributed by atoms with E-state index in [2.05, 4.69) is 21.3 Å². The van der Waals surface area contributed by atoms with Crippen molar-refractivity contribution in [1.82, 2.24) is 21.3 Å². The van der Waals surface area contributed by atoms with Gasteiger partial charge in [0.2, 0.25) is 11.8 Å². The van der Waals surface area contributed by atoms with E-state index in [1.54, 1.807) is 34.6 Å². The molecular weight excluding hydrogens is 446 g/mol. The molecular formula is C22H41N5O7. The molecule has 0 fully saturated rings. The highest BCUT2D eigenvalue weighted by Gasteiger charge is 2.28. The zero-order chi connectivity index (χ0) is 26.3. The maximum absolute atomic E-state index is 12.6. The average Bonchev–Trinajstić information content (AvgIpc) is 2.68. The van der Waals surface area contributed by atoms with Gasteiger partial charge in [-0.15, -0.1) is 0 Å². The molecule has 2 atom stereocenters. The highest BCUT2D eigenvalue weighted by molar-refractivity contribution is 5.90. The van der Waals surface area contributed by atoms with E-state index in [0.29, 0.717) is 32.2 Å². The first-order valence-electron chi connectivity index (χ1n) is 11.6. The number of rotatable bonds is 15. The molecule has 0 bridgehead atoms. The first kappa shape index (κ1) is 30.9. The number of amides is 5. The molecule has 5 amide bonds. The second-order valence-electron chi connectivity index (χ2n) is 9.36. The second-order valence-corrected chi connectivity index (χ2v) is 9.36. The van der Waals surface area contributed by atoms with Crippen molar-refractivity contribution in [2.75, 3.05) is 13.1 Å². The van der Waals surface area contributed by atoms with E-state index in [-0.39, 0.29) is 31.2 Å². The standard InChI is InChI=1S/C22H41N5O7/c1-14(2)17(18(29)26-15(19(30)31)10-9-13-24-20(23)32)27-16(28)11-7-6-8-12-25-21(33)34-22(3,4)5/h14-15,17H,6-13H2,1-5H3,(H,25,33)(H,26,29)(H,27,28)(H,30,31)(H3,23,24,32)/t15-,17-/m0/s1. The maximum atomic E-state index is 12.6. The van der Waals surface area contributed by atoms with Crippen LogP contribution in [0.5, 0.6) is 0 Å². The topological polar surface area (TPSA) is 189 Å². The summed E-state index contributed by atoms with van der Waals surface area (Å²) < 4.78 is 5.14. The number of carbonyl (C=O) groups is 5. The molecule has 0 heterocycles. The number of carboxylic acid groups (broad SMARTS) is 1. The van der Waals surface area contributed by atoms with Gasteiger partial charge in [-0.1, -0.05) is 20.3 Å². The van der Waals surface area contributed by atoms with Crippen molar-refractivity contribution in [3.8, 4) is 0 Å². The number of hydrogen-bond donors (Lipinski definition) is 6. The molecule has 0 spiro atoms. The molecule has 0 aromatic heterocycles. The summed E-state index contributed by atoms with van der Waals surface area (Å²) in [5.74, 6) is -2.36. The van der Waals surface area contributed by atoms with Gasteiger partial charge in [0.1, 0.15) is 17.7 Å². The van der Waals surface area contributed by atoms with Gasteiger partial charge in [-0.3, -0.25) is 9.59 Å². The minimum Gasteiger partial charge on any atom is -0.480 e. The third-order valence-corrected chi connectivity index (χ3v) is 4.60. The number of unbranched alkanes of at least 4 members (excludes halogenated alkanes) is 2. The molecule has 0 aromatic rings. The fraction of sp³-hybridized carbons (Fsp3) is 0.773. The van der Waals surface area contributed by atoms with E-state index in [1.165, 1.54) is 0 Å². The molecule has 12 nitrogen and oxygen atoms in total. The quantitative estimate of drug-likeness (QED) is 0.187. The molecule has 34 heavy (non-hydrogen) atoms. The Morgan fingerprint density at radius 1 is 0.912 bits per heavy atom. The summed E-state index contributed by atoms with van der Waals surface area (Å²) >= 11 is 0. The normalized spacial score (nSPS) is 12.9. The fourth-order valence-corrected chi connectivity index (χ4v) is 2.91. The minimum absolute atomic E-state index is 0.0947. The van der Waals surface area contributed by atoms with Crippen LogP contribution in [0.15, 0.2) is 0 Å². The molecule has 196 valence electrons. The summed E-state index contributed by atoms with van der Waals surface area (Å²) in [5.41, 5.74) is 4.40. The predicted octanol–water partition coefficient (Wildman–Crippen LogP) is 1.23. The first-order chi connectivity index (χ1) is 15.7. The van der Waals surface area contributed by atoms with Gasteiger partial charge in [-0.25, -0.2) is 14.4 Å². The predicted molar refractivity (Wildman–Crippen MR) is 126 cm³/mol. The lowest BCUT2D eigenvalue weighted by atomic mass is 10.0. The van der Waals surface area contributed by atoms with Crippen LogP contribution in [0.3, 0.4) is 0 Å². The summed E-state index contributed by atoms with van der Waals surface area (Å²) in [5, 5.41) is 19.5. The van der Waals surface area contributed by atoms with E-state index in [0.717, 1.165) is 0 Å². The number of nitrogens with one attached hydrogen (secondary N) is 4. The van der Waals surface area contributed by atoms with E-state index in [4.69, 9.17) is 10.5 Å². The number of carboxylic acids is 1. The van der Waals surface area contributed by atoms with Crippen LogP contribution < -0.4 is 27.0 Å². The molecule has 0 radical (unpaired) electrons. The van der Waals surface area contributed by atoms with Crippen molar-refractivity contribution in [2.24, 2.45) is 11.7 Å². The van der Waals surface area contributed by atoms with Gasteiger partial charge in [0.25, 0.3) is 0 Å². The number of nitrogens with two attached hydrogens (primary N) is 1. The Balaban J connectivity index is 4.43. The summed E-state index contributed by atoms with van der Waals surface area (Å²) in [7, 11) is 0. The molecule has 0 unspecified atom stereocenters. The van der Waals surface area contributed by atoms with Crippen LogP contribution in [0, 0.1) is 5.92 Å². The number of hydrogen-bond acceptors (Lipinski definition) is 6. The van der Waals surface area contributed by atoms with E-state index >= 15 is 0 Å². The minimum atomic E-state index is -1.21. The molecule has 0 saturated carbocycles. The fourth-order valence-electron chi connectivity index (χ4n) is 2.91. The summed E-state index contributed by atoms with van der Waals surface area (Å²) in [6.07, 6.45) is 2.05. The summed E-state index contributed by atoms with van der Waals surface area (Å²) in [4.78, 5) is 58.7. The highest BCUT2D eigenvalue weighted by Crippen LogP contribution is 2.08. The lowest BCUT2D eigenvalue weighted by Crippen LogP contribution is -2.53. The van der Waals surface area contributed by atoms with Crippen molar-refractivity contribution < 1.29 is 33.8 Å². The largest absolute Gasteiger partial charge is 0.480 e. The smallest absolute Gasteiger partial charge is 0.407 e. The Kier molecular flexibility index (Phi) is 14.3. The zero-order valence-electron chi connectivity index (χ0n) is 20.9. The Morgan fingerprint density at radius 3 is 2.06 bits per heavy atom. The molecule has 0 aliphatic heterocycles. The Bertz CT molecular complexity index is 692. The van der Waals surface area contributed by atoms with Crippen LogP contribution in [0.25, 0.3) is 0 Å². The number of carbonyl (C=O) groups excluding carboxylic acids is 4. The number of primary amides is 1. The second kappa shape index (κ2) is 15.7. The summed E-state index contributed by atoms with van der Waals surface area (Å²) in [6.45, 7) is 9.45. The first-order valence-corrected chi connectivity index (χ1v) is 11.6. The van der Waals surface area contributed by atoms with Gasteiger partial charge in [-0.05, 0) is 52.4 Å². The zero-order valence-corrected chi connectivity index (χ0v) is 20.9. The van der Waals surface area contributed by atoms with E-state index < -0.39 is 41.7 Å². The van der Waals surface area contributed by atoms with Gasteiger partial charge in [-0.2, -0.15) is 0 Å². The van der Waals surface area contributed by atoms with Gasteiger partial charge in [0.05, 0.1) is 0 Å². The lowest BCUT2D eigenvalue weighted by Gasteiger charge is -2.24. The Hall–Kier alpha value is -3.05. The van der Waals surface area contributed by atoms with Crippen molar-refractivity contribution in [1.29, 1.82) is 0 Å². The highest BCUT2D eigenvalue weighted by atomic mass is 16.6. The van der Waals surface area contributed by atoms with Gasteiger partial charge in [0.15, 0.2) is 0 Å². The van der Waals surface area contributed by atoms with Crippen molar-refractivity contribution >= 4 is 29.9 Å². The van der Waals surface area contributed by atoms with E-state index in [9.17, 15) is 29.1 Å². The molecule has 0 aliphatic rings. The number of alkyl carbamates (subject to hydrolysis) is 1. The molecule has 0 aliphatic carbocycles. The van der Waals surface area contributed by atoms with Crippen LogP contribution in [-0.4, -0.2) is 65.8 Å². The van der Waals surface area contributed by atoms with Gasteiger partial charge < -0.3 is 36.8 Å². The third kappa shape index (κ3) is 15.7. The third-order valence-electron chi connectivity index (χ3n) is 4.60. The number of ether oxygens (including phenoxy) is 1. The number of aliphatic carboxylic acids is 1. The average molecular weight is 488 g/mol. The van der Waals surface area contributed by atoms with Crippen LogP contribution >= 0.6 is 0 Å². The molecule has 0 saturated heterocycles. The SMILES string of the molecule is CC(C)[C@H](NC(=O)CCCCCNC(=O)OC(C)(C)C)C(=O)N[C@@H](CCCNC(N)=O)C(=O)O. The van der Waals surface area contributed by atoms with Crippen molar-refractivity contribution in [2.45, 2.75) is 90.8 Å². The maximum Gasteiger partial charge on any atom is 0.407 e.